The summed E-state index contributed by atoms with van der Waals surface area (Å²) < 4.78 is 4.41. The van der Waals surface area contributed by atoms with E-state index in [1.165, 1.54) is 18.2 Å². The fourth-order valence-corrected chi connectivity index (χ4v) is 7.39. The molecule has 1 heterocycles. The van der Waals surface area contributed by atoms with Gasteiger partial charge in [0, 0.05) is 11.8 Å². The molecule has 0 saturated carbocycles. The number of likely N-dealkylation sites (tertiary alicyclic amines) is 1. The van der Waals surface area contributed by atoms with Crippen LogP contribution in [-0.2, 0) is 27.3 Å². The molecule has 0 radical (unpaired) electrons. The third-order valence-corrected chi connectivity index (χ3v) is 8.73. The van der Waals surface area contributed by atoms with E-state index < -0.39 is 10.8 Å². The number of nitrogens with zero attached hydrogens (tertiary/aromatic N) is 1. The summed E-state index contributed by atoms with van der Waals surface area (Å²) in [5.74, 6) is -0.335. The molecule has 3 aromatic carbocycles. The summed E-state index contributed by atoms with van der Waals surface area (Å²) in [5.41, 5.74) is 4.63. The van der Waals surface area contributed by atoms with E-state index >= 15 is 0 Å². The van der Waals surface area contributed by atoms with E-state index in [4.69, 9.17) is 4.74 Å². The number of carbonyl (C=O) groups excluding carboxylic acids is 2. The van der Waals surface area contributed by atoms with Crippen LogP contribution in [0.5, 0.6) is 0 Å². The molecule has 34 heavy (non-hydrogen) atoms. The second-order valence-corrected chi connectivity index (χ2v) is 10.6. The molecule has 0 N–H and O–H groups in total. The smallest absolute Gasteiger partial charge is 0.325 e. The zero-order valence-electron chi connectivity index (χ0n) is 19.4. The van der Waals surface area contributed by atoms with Crippen LogP contribution in [0.1, 0.15) is 52.8 Å². The SMILES string of the molecule is COC(=O)[C@@]1(S[C@H]2CCCc3ccccc32)CC(=O)N(Cc2ccccc2)[C@@H]1c1ccccc1. The summed E-state index contributed by atoms with van der Waals surface area (Å²) in [6.45, 7) is 0.458. The fourth-order valence-electron chi connectivity index (χ4n) is 5.46. The first-order valence-corrected chi connectivity index (χ1v) is 12.7. The minimum Gasteiger partial charge on any atom is -0.468 e. The number of carbonyl (C=O) groups is 2. The summed E-state index contributed by atoms with van der Waals surface area (Å²) in [4.78, 5) is 29.1. The maximum atomic E-state index is 13.6. The Balaban J connectivity index is 1.60. The number of amides is 1. The predicted molar refractivity (Wildman–Crippen MR) is 135 cm³/mol. The molecule has 5 rings (SSSR count). The second-order valence-electron chi connectivity index (χ2n) is 9.08. The van der Waals surface area contributed by atoms with E-state index in [0.29, 0.717) is 6.54 Å². The molecule has 5 heteroatoms. The molecule has 1 aliphatic carbocycles. The van der Waals surface area contributed by atoms with Crippen LogP contribution in [0.4, 0.5) is 0 Å². The van der Waals surface area contributed by atoms with Crippen LogP contribution >= 0.6 is 11.8 Å². The number of benzene rings is 3. The van der Waals surface area contributed by atoms with Crippen molar-refractivity contribution < 1.29 is 14.3 Å². The van der Waals surface area contributed by atoms with Crippen molar-refractivity contribution in [2.75, 3.05) is 7.11 Å². The van der Waals surface area contributed by atoms with E-state index in [1.54, 1.807) is 11.8 Å². The Morgan fingerprint density at radius 1 is 1.00 bits per heavy atom. The second kappa shape index (κ2) is 9.67. The van der Waals surface area contributed by atoms with Crippen molar-refractivity contribution in [1.82, 2.24) is 4.90 Å². The third kappa shape index (κ3) is 4.14. The van der Waals surface area contributed by atoms with Gasteiger partial charge in [0.2, 0.25) is 5.91 Å². The predicted octanol–water partition coefficient (Wildman–Crippen LogP) is 5.88. The topological polar surface area (TPSA) is 46.6 Å². The average Bonchev–Trinajstić information content (AvgIpc) is 3.16. The van der Waals surface area contributed by atoms with Gasteiger partial charge < -0.3 is 9.64 Å². The molecule has 174 valence electrons. The number of thioether (sulfide) groups is 1. The van der Waals surface area contributed by atoms with Crippen LogP contribution in [0, 0.1) is 0 Å². The van der Waals surface area contributed by atoms with E-state index in [1.807, 2.05) is 65.6 Å². The lowest BCUT2D eigenvalue weighted by Crippen LogP contribution is -2.43. The van der Waals surface area contributed by atoms with Crippen LogP contribution < -0.4 is 0 Å². The van der Waals surface area contributed by atoms with Crippen LogP contribution in [0.3, 0.4) is 0 Å². The normalized spacial score (nSPS) is 24.0. The zero-order chi connectivity index (χ0) is 23.5. The average molecular weight is 472 g/mol. The quantitative estimate of drug-likeness (QED) is 0.421. The largest absolute Gasteiger partial charge is 0.468 e. The first-order chi connectivity index (χ1) is 16.6. The number of hydrogen-bond acceptors (Lipinski definition) is 4. The zero-order valence-corrected chi connectivity index (χ0v) is 20.2. The van der Waals surface area contributed by atoms with Gasteiger partial charge >= 0.3 is 5.97 Å². The van der Waals surface area contributed by atoms with Gasteiger partial charge in [-0.15, -0.1) is 11.8 Å². The number of esters is 1. The number of rotatable bonds is 6. The van der Waals surface area contributed by atoms with Gasteiger partial charge in [-0.1, -0.05) is 84.9 Å². The fraction of sp³-hybridized carbons (Fsp3) is 0.310. The summed E-state index contributed by atoms with van der Waals surface area (Å²) in [5, 5.41) is 0.139. The van der Waals surface area contributed by atoms with Crippen molar-refractivity contribution in [1.29, 1.82) is 0 Å². The summed E-state index contributed by atoms with van der Waals surface area (Å²) in [7, 11) is 1.44. The number of methoxy groups -OCH3 is 1. The number of ether oxygens (including phenoxy) is 1. The lowest BCUT2D eigenvalue weighted by molar-refractivity contribution is -0.144. The van der Waals surface area contributed by atoms with Crippen molar-refractivity contribution >= 4 is 23.6 Å². The van der Waals surface area contributed by atoms with E-state index in [-0.39, 0.29) is 23.5 Å². The highest BCUT2D eigenvalue weighted by Gasteiger charge is 2.59. The van der Waals surface area contributed by atoms with E-state index in [0.717, 1.165) is 30.4 Å². The highest BCUT2D eigenvalue weighted by atomic mass is 32.2. The highest BCUT2D eigenvalue weighted by Crippen LogP contribution is 2.57. The van der Waals surface area contributed by atoms with Crippen LogP contribution in [0.25, 0.3) is 0 Å². The van der Waals surface area contributed by atoms with E-state index in [2.05, 4.69) is 24.3 Å². The lowest BCUT2D eigenvalue weighted by atomic mass is 9.91. The Morgan fingerprint density at radius 3 is 2.41 bits per heavy atom. The maximum Gasteiger partial charge on any atom is 0.325 e. The van der Waals surface area contributed by atoms with Gasteiger partial charge in [-0.05, 0) is 41.5 Å². The Labute approximate surface area is 205 Å². The number of aryl methyl sites for hydroxylation is 1. The van der Waals surface area contributed by atoms with Crippen LogP contribution in [-0.4, -0.2) is 28.6 Å². The minimum atomic E-state index is -1.02. The molecule has 1 amide bonds. The standard InChI is InChI=1S/C29H29NO3S/c1-33-28(32)29(34-25-18-10-16-22-13-8-9-17-24(22)25)19-26(31)30(20-21-11-4-2-5-12-21)27(29)23-14-6-3-7-15-23/h2-9,11-15,17,25,27H,10,16,18-20H2,1H3/t25-,27+,29+/m0/s1. The minimum absolute atomic E-state index is 0.0142. The molecule has 3 aromatic rings. The van der Waals surface area contributed by atoms with E-state index in [9.17, 15) is 9.59 Å². The molecule has 1 fully saturated rings. The van der Waals surface area contributed by atoms with Crippen molar-refractivity contribution in [3.05, 3.63) is 107 Å². The van der Waals surface area contributed by atoms with Gasteiger partial charge in [0.25, 0.3) is 0 Å². The molecule has 2 aliphatic rings. The molecule has 1 saturated heterocycles. The monoisotopic (exact) mass is 471 g/mol. The summed E-state index contributed by atoms with van der Waals surface area (Å²) in [6, 6.07) is 28.0. The molecule has 0 bridgehead atoms. The van der Waals surface area contributed by atoms with Crippen LogP contribution in [0.15, 0.2) is 84.9 Å². The Hall–Kier alpha value is -3.05. The lowest BCUT2D eigenvalue weighted by Gasteiger charge is -2.39. The van der Waals surface area contributed by atoms with Crippen molar-refractivity contribution in [2.45, 2.75) is 48.3 Å². The molecule has 4 nitrogen and oxygen atoms in total. The maximum absolute atomic E-state index is 13.6. The molecule has 3 atom stereocenters. The Kier molecular flexibility index (Phi) is 6.46. The summed E-state index contributed by atoms with van der Waals surface area (Å²) >= 11 is 1.63. The molecule has 0 unspecified atom stereocenters. The number of fused-ring (bicyclic) bond motifs is 1. The first kappa shape index (κ1) is 22.7. The molecule has 1 aliphatic heterocycles. The van der Waals surface area contributed by atoms with Gasteiger partial charge in [0.1, 0.15) is 4.75 Å². The summed E-state index contributed by atoms with van der Waals surface area (Å²) in [6.07, 6.45) is 3.24. The Morgan fingerprint density at radius 2 is 1.68 bits per heavy atom. The third-order valence-electron chi connectivity index (χ3n) is 7.00. The van der Waals surface area contributed by atoms with Crippen molar-refractivity contribution in [3.63, 3.8) is 0 Å². The van der Waals surface area contributed by atoms with Crippen molar-refractivity contribution in [3.8, 4) is 0 Å². The van der Waals surface area contributed by atoms with Gasteiger partial charge in [0.15, 0.2) is 0 Å². The molecular weight excluding hydrogens is 442 g/mol. The van der Waals surface area contributed by atoms with Gasteiger partial charge in [0.05, 0.1) is 19.6 Å². The number of hydrogen-bond donors (Lipinski definition) is 0. The highest BCUT2D eigenvalue weighted by molar-refractivity contribution is 8.01. The van der Waals surface area contributed by atoms with Crippen LogP contribution in [0.2, 0.25) is 0 Å². The van der Waals surface area contributed by atoms with Gasteiger partial charge in [-0.25, -0.2) is 0 Å². The molecule has 0 spiro atoms. The Bertz CT molecular complexity index is 1170. The van der Waals surface area contributed by atoms with Gasteiger partial charge in [-0.3, -0.25) is 9.59 Å². The molecule has 0 aromatic heterocycles. The first-order valence-electron chi connectivity index (χ1n) is 11.8. The van der Waals surface area contributed by atoms with Crippen molar-refractivity contribution in [2.24, 2.45) is 0 Å². The molecular formula is C29H29NO3S. The van der Waals surface area contributed by atoms with Gasteiger partial charge in [-0.2, -0.15) is 0 Å².